The molecule has 2 rings (SSSR count). The average molecular weight is 215 g/mol. The van der Waals surface area contributed by atoms with Crippen molar-refractivity contribution < 1.29 is 14.3 Å². The number of carboxylic acid groups (broad SMARTS) is 1. The van der Waals surface area contributed by atoms with Gasteiger partial charge in [0.2, 0.25) is 0 Å². The Labute approximate surface area is 85.3 Å². The molecule has 0 bridgehead atoms. The molecule has 0 aromatic heterocycles. The number of halogens is 2. The van der Waals surface area contributed by atoms with Gasteiger partial charge in [-0.1, -0.05) is 17.7 Å². The maximum Gasteiger partial charge on any atom is 0.307 e. The summed E-state index contributed by atoms with van der Waals surface area (Å²) < 4.78 is 13.3. The van der Waals surface area contributed by atoms with E-state index in [1.165, 1.54) is 6.07 Å². The molecule has 0 radical (unpaired) electrons. The van der Waals surface area contributed by atoms with E-state index in [9.17, 15) is 9.18 Å². The van der Waals surface area contributed by atoms with Crippen LogP contribution in [0.4, 0.5) is 4.39 Å². The topological polar surface area (TPSA) is 37.3 Å². The van der Waals surface area contributed by atoms with Gasteiger partial charge in [-0.2, -0.15) is 0 Å². The highest BCUT2D eigenvalue weighted by molar-refractivity contribution is 6.30. The van der Waals surface area contributed by atoms with E-state index < -0.39 is 17.7 Å². The zero-order valence-electron chi connectivity index (χ0n) is 7.21. The lowest BCUT2D eigenvalue weighted by Gasteiger charge is -2.00. The Kier molecular flexibility index (Phi) is 2.19. The standard InChI is InChI=1S/C10H8ClFO2/c11-5-1-2-6(9(12)3-5)7-4-8(7)10(13)14/h1-3,7-8H,4H2,(H,13,14)/t7-,8-/m0/s1. The maximum absolute atomic E-state index is 13.3. The Balaban J connectivity index is 2.23. The summed E-state index contributed by atoms with van der Waals surface area (Å²) in [6, 6.07) is 4.36. The molecule has 0 saturated heterocycles. The molecule has 2 atom stereocenters. The molecule has 2 nitrogen and oxygen atoms in total. The molecule has 1 aromatic carbocycles. The summed E-state index contributed by atoms with van der Waals surface area (Å²) in [7, 11) is 0. The molecule has 1 aliphatic carbocycles. The number of hydrogen-bond acceptors (Lipinski definition) is 1. The molecule has 0 amide bonds. The summed E-state index contributed by atoms with van der Waals surface area (Å²) in [6.07, 6.45) is 0.522. The van der Waals surface area contributed by atoms with Gasteiger partial charge >= 0.3 is 5.97 Å². The predicted octanol–water partition coefficient (Wildman–Crippen LogP) is 2.67. The number of carbonyl (C=O) groups is 1. The summed E-state index contributed by atoms with van der Waals surface area (Å²) >= 11 is 5.58. The fraction of sp³-hybridized carbons (Fsp3) is 0.300. The van der Waals surface area contributed by atoms with Gasteiger partial charge in [0.1, 0.15) is 5.82 Å². The number of hydrogen-bond donors (Lipinski definition) is 1. The fourth-order valence-electron chi connectivity index (χ4n) is 1.61. The van der Waals surface area contributed by atoms with E-state index in [1.54, 1.807) is 12.1 Å². The number of benzene rings is 1. The molecule has 4 heteroatoms. The van der Waals surface area contributed by atoms with Gasteiger partial charge in [-0.3, -0.25) is 4.79 Å². The number of aliphatic carboxylic acids is 1. The van der Waals surface area contributed by atoms with Gasteiger partial charge in [0.25, 0.3) is 0 Å². The van der Waals surface area contributed by atoms with Crippen molar-refractivity contribution >= 4 is 17.6 Å². The molecule has 14 heavy (non-hydrogen) atoms. The van der Waals surface area contributed by atoms with Crippen molar-refractivity contribution in [3.05, 3.63) is 34.6 Å². The molecule has 1 saturated carbocycles. The molecule has 1 aromatic rings. The van der Waals surface area contributed by atoms with Crippen LogP contribution < -0.4 is 0 Å². The fourth-order valence-corrected chi connectivity index (χ4v) is 1.77. The molecule has 1 N–H and O–H groups in total. The Morgan fingerprint density at radius 3 is 2.79 bits per heavy atom. The molecule has 1 fully saturated rings. The number of rotatable bonds is 2. The minimum atomic E-state index is -0.857. The SMILES string of the molecule is O=C(O)[C@H]1C[C@H]1c1ccc(Cl)cc1F. The predicted molar refractivity (Wildman–Crippen MR) is 49.9 cm³/mol. The maximum atomic E-state index is 13.3. The van der Waals surface area contributed by atoms with Gasteiger partial charge in [0, 0.05) is 10.9 Å². The van der Waals surface area contributed by atoms with E-state index in [4.69, 9.17) is 16.7 Å². The normalized spacial score (nSPS) is 24.7. The molecule has 0 heterocycles. The monoisotopic (exact) mass is 214 g/mol. The van der Waals surface area contributed by atoms with Gasteiger partial charge in [0.05, 0.1) is 5.92 Å². The van der Waals surface area contributed by atoms with Gasteiger partial charge in [-0.15, -0.1) is 0 Å². The Morgan fingerprint density at radius 1 is 1.57 bits per heavy atom. The first-order valence-corrected chi connectivity index (χ1v) is 4.65. The third kappa shape index (κ3) is 1.60. The van der Waals surface area contributed by atoms with Gasteiger partial charge in [-0.25, -0.2) is 4.39 Å². The van der Waals surface area contributed by atoms with Gasteiger partial charge in [-0.05, 0) is 24.1 Å². The number of carboxylic acids is 1. The molecule has 0 aliphatic heterocycles. The van der Waals surface area contributed by atoms with Crippen molar-refractivity contribution in [1.29, 1.82) is 0 Å². The largest absolute Gasteiger partial charge is 0.481 e. The van der Waals surface area contributed by atoms with Crippen LogP contribution in [-0.4, -0.2) is 11.1 Å². The zero-order valence-corrected chi connectivity index (χ0v) is 7.96. The Hall–Kier alpha value is -1.09. The van der Waals surface area contributed by atoms with Crippen LogP contribution in [0.3, 0.4) is 0 Å². The van der Waals surface area contributed by atoms with Crippen LogP contribution in [0.1, 0.15) is 17.9 Å². The van der Waals surface area contributed by atoms with E-state index in [-0.39, 0.29) is 5.92 Å². The second-order valence-electron chi connectivity index (χ2n) is 3.45. The van der Waals surface area contributed by atoms with E-state index in [1.807, 2.05) is 0 Å². The highest BCUT2D eigenvalue weighted by atomic mass is 35.5. The van der Waals surface area contributed by atoms with Gasteiger partial charge < -0.3 is 5.11 Å². The van der Waals surface area contributed by atoms with Crippen molar-refractivity contribution in [2.24, 2.45) is 5.92 Å². The lowest BCUT2D eigenvalue weighted by atomic mass is 10.1. The molecule has 1 aliphatic rings. The summed E-state index contributed by atoms with van der Waals surface area (Å²) in [5.74, 6) is -1.87. The van der Waals surface area contributed by atoms with Crippen molar-refractivity contribution in [3.63, 3.8) is 0 Å². The lowest BCUT2D eigenvalue weighted by Crippen LogP contribution is -1.99. The van der Waals surface area contributed by atoms with Crippen LogP contribution in [0.25, 0.3) is 0 Å². The smallest absolute Gasteiger partial charge is 0.307 e. The van der Waals surface area contributed by atoms with Crippen LogP contribution in [0, 0.1) is 11.7 Å². The summed E-state index contributed by atoms with van der Waals surface area (Å²) in [5, 5.41) is 9.01. The van der Waals surface area contributed by atoms with Gasteiger partial charge in [0.15, 0.2) is 0 Å². The van der Waals surface area contributed by atoms with E-state index in [0.717, 1.165) is 0 Å². The zero-order chi connectivity index (χ0) is 10.3. The Bertz CT molecular complexity index is 392. The molecular formula is C10H8ClFO2. The van der Waals surface area contributed by atoms with Crippen molar-refractivity contribution in [2.75, 3.05) is 0 Å². The first-order chi connectivity index (χ1) is 6.59. The minimum Gasteiger partial charge on any atom is -0.481 e. The quantitative estimate of drug-likeness (QED) is 0.822. The lowest BCUT2D eigenvalue weighted by molar-refractivity contribution is -0.138. The highest BCUT2D eigenvalue weighted by Crippen LogP contribution is 2.48. The third-order valence-electron chi connectivity index (χ3n) is 2.47. The van der Waals surface area contributed by atoms with Crippen molar-refractivity contribution in [1.82, 2.24) is 0 Å². The second kappa shape index (κ2) is 3.24. The second-order valence-corrected chi connectivity index (χ2v) is 3.89. The van der Waals surface area contributed by atoms with Crippen molar-refractivity contribution in [3.8, 4) is 0 Å². The highest BCUT2D eigenvalue weighted by Gasteiger charge is 2.45. The first kappa shape index (κ1) is 9.46. The third-order valence-corrected chi connectivity index (χ3v) is 2.70. The van der Waals surface area contributed by atoms with E-state index in [2.05, 4.69) is 0 Å². The summed E-state index contributed by atoms with van der Waals surface area (Å²) in [5.41, 5.74) is 0.460. The van der Waals surface area contributed by atoms with Crippen LogP contribution in [-0.2, 0) is 4.79 Å². The van der Waals surface area contributed by atoms with Crippen LogP contribution >= 0.6 is 11.6 Å². The average Bonchev–Trinajstić information content (AvgIpc) is 2.83. The van der Waals surface area contributed by atoms with Crippen molar-refractivity contribution in [2.45, 2.75) is 12.3 Å². The first-order valence-electron chi connectivity index (χ1n) is 4.27. The van der Waals surface area contributed by atoms with Crippen LogP contribution in [0.5, 0.6) is 0 Å². The Morgan fingerprint density at radius 2 is 2.29 bits per heavy atom. The van der Waals surface area contributed by atoms with E-state index in [0.29, 0.717) is 17.0 Å². The molecular weight excluding hydrogens is 207 g/mol. The minimum absolute atomic E-state index is 0.176. The van der Waals surface area contributed by atoms with E-state index >= 15 is 0 Å². The molecule has 0 unspecified atom stereocenters. The summed E-state index contributed by atoms with van der Waals surface area (Å²) in [4.78, 5) is 10.6. The van der Waals surface area contributed by atoms with Crippen LogP contribution in [0.15, 0.2) is 18.2 Å². The molecule has 74 valence electrons. The van der Waals surface area contributed by atoms with Crippen LogP contribution in [0.2, 0.25) is 5.02 Å². The molecule has 0 spiro atoms. The summed E-state index contributed by atoms with van der Waals surface area (Å²) in [6.45, 7) is 0.